The van der Waals surface area contributed by atoms with Crippen molar-refractivity contribution in [2.24, 2.45) is 0 Å². The summed E-state index contributed by atoms with van der Waals surface area (Å²) in [6.07, 6.45) is 21.2. The van der Waals surface area contributed by atoms with Crippen LogP contribution >= 0.6 is 0 Å². The molecule has 0 aromatic heterocycles. The number of carboxylic acids is 1. The van der Waals surface area contributed by atoms with Crippen molar-refractivity contribution in [3.8, 4) is 0 Å². The summed E-state index contributed by atoms with van der Waals surface area (Å²) in [6, 6.07) is 0. The standard InChI is InChI=1S/C21H42O3.Cs.H/c1-3-4-5-6-7-8-9-10-11-12-13-14-15-16-17-18-19-21(2,24)20(22)23;;/h24H,3-19H2,1-2H3,(H,22,23);;. The number of unbranched alkanes of at least 4 members (excludes halogenated alkanes) is 15. The number of rotatable bonds is 18. The predicted molar refractivity (Wildman–Crippen MR) is 110 cm³/mol. The van der Waals surface area contributed by atoms with E-state index < -0.39 is 11.6 Å². The Kier molecular flexibility index (Phi) is 23.2. The van der Waals surface area contributed by atoms with E-state index in [0.29, 0.717) is 6.42 Å². The van der Waals surface area contributed by atoms with Gasteiger partial charge in [0.15, 0.2) is 5.60 Å². The van der Waals surface area contributed by atoms with Crippen molar-refractivity contribution < 1.29 is 15.0 Å². The van der Waals surface area contributed by atoms with Gasteiger partial charge in [-0.25, -0.2) is 4.79 Å². The van der Waals surface area contributed by atoms with Gasteiger partial charge in [-0.3, -0.25) is 0 Å². The molecule has 0 spiro atoms. The van der Waals surface area contributed by atoms with Crippen LogP contribution in [0, 0.1) is 0 Å². The summed E-state index contributed by atoms with van der Waals surface area (Å²) in [6.45, 7) is 3.66. The molecule has 25 heavy (non-hydrogen) atoms. The molecule has 0 heterocycles. The molecule has 0 aromatic rings. The van der Waals surface area contributed by atoms with Crippen LogP contribution in [0.15, 0.2) is 0 Å². The Balaban J connectivity index is 0. The maximum absolute atomic E-state index is 10.8. The quantitative estimate of drug-likeness (QED) is 0.245. The van der Waals surface area contributed by atoms with Gasteiger partial charge in [-0.05, 0) is 19.8 Å². The van der Waals surface area contributed by atoms with Gasteiger partial charge < -0.3 is 10.2 Å². The van der Waals surface area contributed by atoms with Gasteiger partial charge in [-0.2, -0.15) is 0 Å². The minimum absolute atomic E-state index is 0. The number of carboxylic acid groups (broad SMARTS) is 1. The van der Waals surface area contributed by atoms with E-state index in [1.807, 2.05) is 0 Å². The Bertz CT molecular complexity index is 293. The molecular formula is C21H43CsO3. The Hall–Kier alpha value is 1.48. The van der Waals surface area contributed by atoms with E-state index in [2.05, 4.69) is 6.92 Å². The van der Waals surface area contributed by atoms with Gasteiger partial charge in [-0.1, -0.05) is 103 Å². The first-order chi connectivity index (χ1) is 11.5. The summed E-state index contributed by atoms with van der Waals surface area (Å²) in [5.41, 5.74) is -1.55. The summed E-state index contributed by atoms with van der Waals surface area (Å²) in [7, 11) is 0. The fourth-order valence-electron chi connectivity index (χ4n) is 3.12. The second kappa shape index (κ2) is 20.2. The summed E-state index contributed by atoms with van der Waals surface area (Å²) in [5.74, 6) is -1.11. The van der Waals surface area contributed by atoms with Crippen molar-refractivity contribution in [1.82, 2.24) is 0 Å². The Morgan fingerprint density at radius 2 is 0.960 bits per heavy atom. The molecule has 0 saturated carbocycles. The van der Waals surface area contributed by atoms with Gasteiger partial charge in [0.25, 0.3) is 0 Å². The first-order valence-electron chi connectivity index (χ1n) is 10.5. The molecule has 0 radical (unpaired) electrons. The van der Waals surface area contributed by atoms with E-state index in [9.17, 15) is 9.90 Å². The molecule has 2 N–H and O–H groups in total. The van der Waals surface area contributed by atoms with Gasteiger partial charge in [-0.15, -0.1) is 0 Å². The molecule has 0 aromatic carbocycles. The van der Waals surface area contributed by atoms with Crippen LogP contribution < -0.4 is 0 Å². The fourth-order valence-corrected chi connectivity index (χ4v) is 3.12. The number of aliphatic hydroxyl groups is 1. The van der Waals surface area contributed by atoms with E-state index in [1.54, 1.807) is 0 Å². The average molecular weight is 476 g/mol. The first-order valence-corrected chi connectivity index (χ1v) is 10.5. The van der Waals surface area contributed by atoms with Gasteiger partial charge in [0, 0.05) is 0 Å². The van der Waals surface area contributed by atoms with Crippen LogP contribution in [0.25, 0.3) is 0 Å². The molecule has 0 aliphatic carbocycles. The average Bonchev–Trinajstić information content (AvgIpc) is 2.54. The van der Waals surface area contributed by atoms with Crippen molar-refractivity contribution in [1.29, 1.82) is 0 Å². The van der Waals surface area contributed by atoms with Crippen molar-refractivity contribution in [3.63, 3.8) is 0 Å². The monoisotopic (exact) mass is 476 g/mol. The third-order valence-electron chi connectivity index (χ3n) is 4.98. The van der Waals surface area contributed by atoms with Crippen LogP contribution in [-0.4, -0.2) is 90.7 Å². The van der Waals surface area contributed by atoms with Gasteiger partial charge >= 0.3 is 74.9 Å². The summed E-state index contributed by atoms with van der Waals surface area (Å²) in [4.78, 5) is 10.8. The van der Waals surface area contributed by atoms with Crippen LogP contribution in [0.3, 0.4) is 0 Å². The molecule has 3 nitrogen and oxygen atoms in total. The molecule has 0 aliphatic heterocycles. The van der Waals surface area contributed by atoms with Crippen LogP contribution in [0.4, 0.5) is 0 Å². The number of hydrogen-bond donors (Lipinski definition) is 2. The number of aliphatic carboxylic acids is 1. The normalized spacial score (nSPS) is 13.2. The topological polar surface area (TPSA) is 57.5 Å². The molecule has 0 aliphatic rings. The van der Waals surface area contributed by atoms with Gasteiger partial charge in [0.05, 0.1) is 0 Å². The summed E-state index contributed by atoms with van der Waals surface area (Å²) < 4.78 is 0. The molecule has 146 valence electrons. The Labute approximate surface area is 215 Å². The molecule has 0 fully saturated rings. The molecular weight excluding hydrogens is 433 g/mol. The second-order valence-electron chi connectivity index (χ2n) is 7.63. The second-order valence-corrected chi connectivity index (χ2v) is 7.63. The molecule has 1 atom stereocenters. The first kappa shape index (κ1) is 28.7. The fraction of sp³-hybridized carbons (Fsp3) is 0.952. The minimum atomic E-state index is -1.55. The third kappa shape index (κ3) is 20.0. The van der Waals surface area contributed by atoms with Crippen LogP contribution in [0.1, 0.15) is 123 Å². The molecule has 0 rings (SSSR count). The molecule has 1 unspecified atom stereocenters. The van der Waals surface area contributed by atoms with Crippen LogP contribution in [-0.2, 0) is 4.79 Å². The van der Waals surface area contributed by atoms with E-state index in [4.69, 9.17) is 5.11 Å². The molecule has 4 heteroatoms. The third-order valence-corrected chi connectivity index (χ3v) is 4.98. The summed E-state index contributed by atoms with van der Waals surface area (Å²) in [5, 5.41) is 18.4. The van der Waals surface area contributed by atoms with Crippen LogP contribution in [0.2, 0.25) is 0 Å². The SMILES string of the molecule is CCCCCCCCCCCCCCCCCCC(C)(O)C(=O)O.[CsH]. The maximum atomic E-state index is 10.8. The molecule has 0 bridgehead atoms. The van der Waals surface area contributed by atoms with E-state index in [0.717, 1.165) is 19.3 Å². The van der Waals surface area contributed by atoms with E-state index >= 15 is 0 Å². The summed E-state index contributed by atoms with van der Waals surface area (Å²) >= 11 is 0. The zero-order valence-electron chi connectivity index (χ0n) is 16.3. The molecule has 0 saturated heterocycles. The Morgan fingerprint density at radius 3 is 1.24 bits per heavy atom. The van der Waals surface area contributed by atoms with Crippen molar-refractivity contribution in [3.05, 3.63) is 0 Å². The van der Waals surface area contributed by atoms with E-state index in [1.165, 1.54) is 90.4 Å². The van der Waals surface area contributed by atoms with E-state index in [-0.39, 0.29) is 68.9 Å². The van der Waals surface area contributed by atoms with Crippen molar-refractivity contribution in [2.45, 2.75) is 129 Å². The van der Waals surface area contributed by atoms with Crippen molar-refractivity contribution >= 4 is 74.9 Å². The number of hydrogen-bond acceptors (Lipinski definition) is 2. The molecule has 0 amide bonds. The van der Waals surface area contributed by atoms with Gasteiger partial charge in [0.1, 0.15) is 0 Å². The predicted octanol–water partition coefficient (Wildman–Crippen LogP) is 5.83. The van der Waals surface area contributed by atoms with Crippen LogP contribution in [0.5, 0.6) is 0 Å². The zero-order chi connectivity index (χ0) is 18.1. The van der Waals surface area contributed by atoms with Crippen molar-refractivity contribution in [2.75, 3.05) is 0 Å². The Morgan fingerprint density at radius 1 is 0.680 bits per heavy atom. The zero-order valence-corrected chi connectivity index (χ0v) is 16.3. The number of carbonyl (C=O) groups is 1. The van der Waals surface area contributed by atoms with Gasteiger partial charge in [0.2, 0.25) is 0 Å².